The molecule has 176 valence electrons. The molecule has 0 radical (unpaired) electrons. The van der Waals surface area contributed by atoms with Gasteiger partial charge in [0.05, 0.1) is 0 Å². The van der Waals surface area contributed by atoms with Crippen LogP contribution >= 0.6 is 15.8 Å². The summed E-state index contributed by atoms with van der Waals surface area (Å²) >= 11 is 0. The molecule has 0 aliphatic rings. The molecule has 0 aromatic heterocycles. The molecule has 4 aromatic rings. The number of benzene rings is 4. The number of carbonyl (C=O) groups is 2. The second kappa shape index (κ2) is 11.7. The van der Waals surface area contributed by atoms with Crippen LogP contribution in [0.3, 0.4) is 0 Å². The zero-order chi connectivity index (χ0) is 24.7. The van der Waals surface area contributed by atoms with Crippen LogP contribution in [0, 0.1) is 5.41 Å². The number of rotatable bonds is 10. The van der Waals surface area contributed by atoms with E-state index in [0.717, 1.165) is 21.2 Å². The van der Waals surface area contributed by atoms with E-state index in [1.807, 2.05) is 121 Å². The Morgan fingerprint density at radius 3 is 0.943 bits per heavy atom. The van der Waals surface area contributed by atoms with Crippen molar-refractivity contribution in [2.45, 2.75) is 26.7 Å². The molecule has 0 unspecified atom stereocenters. The first-order valence-corrected chi connectivity index (χ1v) is 14.5. The molecule has 4 heteroatoms. The first kappa shape index (κ1) is 25.2. The van der Waals surface area contributed by atoms with E-state index in [1.165, 1.54) is 0 Å². The van der Waals surface area contributed by atoms with Crippen LogP contribution in [0.5, 0.6) is 0 Å². The normalized spacial score (nSPS) is 11.5. The Bertz CT molecular complexity index is 1060. The van der Waals surface area contributed by atoms with Gasteiger partial charge in [-0.3, -0.25) is 9.59 Å². The van der Waals surface area contributed by atoms with Crippen molar-refractivity contribution in [3.05, 3.63) is 121 Å². The standard InChI is InChI=1S/C31H30O2P2/c1-31(2,23-29(32)34(25-15-7-3-8-16-25)26-17-9-4-10-18-26)24-30(33)35(27-19-11-5-12-20-27)28-21-13-6-14-22-28/h3-22H,23-24H2,1-2H3. The van der Waals surface area contributed by atoms with E-state index in [1.54, 1.807) is 0 Å². The first-order chi connectivity index (χ1) is 16.9. The highest BCUT2D eigenvalue weighted by atomic mass is 31.1. The van der Waals surface area contributed by atoms with Gasteiger partial charge in [-0.15, -0.1) is 0 Å². The molecule has 35 heavy (non-hydrogen) atoms. The van der Waals surface area contributed by atoms with Gasteiger partial charge in [-0.1, -0.05) is 135 Å². The van der Waals surface area contributed by atoms with Gasteiger partial charge in [-0.05, 0) is 26.6 Å². The van der Waals surface area contributed by atoms with Gasteiger partial charge in [0.25, 0.3) is 0 Å². The van der Waals surface area contributed by atoms with E-state index in [0.29, 0.717) is 12.8 Å². The fourth-order valence-corrected chi connectivity index (χ4v) is 9.02. The predicted molar refractivity (Wildman–Crippen MR) is 151 cm³/mol. The van der Waals surface area contributed by atoms with E-state index < -0.39 is 21.3 Å². The molecule has 0 atom stereocenters. The number of hydrogen-bond acceptors (Lipinski definition) is 2. The van der Waals surface area contributed by atoms with Crippen LogP contribution in [-0.4, -0.2) is 11.0 Å². The Morgan fingerprint density at radius 1 is 0.486 bits per heavy atom. The topological polar surface area (TPSA) is 34.1 Å². The molecule has 0 saturated carbocycles. The van der Waals surface area contributed by atoms with Crippen molar-refractivity contribution in [1.29, 1.82) is 0 Å². The van der Waals surface area contributed by atoms with Crippen molar-refractivity contribution >= 4 is 48.1 Å². The maximum atomic E-state index is 13.8. The molecule has 0 saturated heterocycles. The number of hydrogen-bond donors (Lipinski definition) is 0. The minimum atomic E-state index is -1.15. The molecule has 2 nitrogen and oxygen atoms in total. The minimum Gasteiger partial charge on any atom is -0.294 e. The summed E-state index contributed by atoms with van der Waals surface area (Å²) in [5, 5.41) is 4.21. The summed E-state index contributed by atoms with van der Waals surface area (Å²) in [6.07, 6.45) is 0.724. The summed E-state index contributed by atoms with van der Waals surface area (Å²) in [6.45, 7) is 4.10. The van der Waals surface area contributed by atoms with E-state index in [-0.39, 0.29) is 11.0 Å². The fourth-order valence-electron chi connectivity index (χ4n) is 4.22. The molecule has 0 spiro atoms. The Morgan fingerprint density at radius 2 is 0.714 bits per heavy atom. The molecule has 4 aromatic carbocycles. The zero-order valence-corrected chi connectivity index (χ0v) is 22.0. The third-order valence-electron chi connectivity index (χ3n) is 5.82. The molecule has 0 aliphatic carbocycles. The maximum absolute atomic E-state index is 13.8. The molecule has 0 amide bonds. The molecule has 0 bridgehead atoms. The van der Waals surface area contributed by atoms with E-state index in [2.05, 4.69) is 13.8 Å². The van der Waals surface area contributed by atoms with Crippen molar-refractivity contribution in [1.82, 2.24) is 0 Å². The van der Waals surface area contributed by atoms with Gasteiger partial charge in [-0.25, -0.2) is 0 Å². The zero-order valence-electron chi connectivity index (χ0n) is 20.2. The van der Waals surface area contributed by atoms with Crippen LogP contribution < -0.4 is 21.2 Å². The summed E-state index contributed by atoms with van der Waals surface area (Å²) < 4.78 is 0. The summed E-state index contributed by atoms with van der Waals surface area (Å²) in [4.78, 5) is 27.5. The lowest BCUT2D eigenvalue weighted by atomic mass is 9.87. The van der Waals surface area contributed by atoms with Crippen LogP contribution in [0.15, 0.2) is 121 Å². The average molecular weight is 497 g/mol. The van der Waals surface area contributed by atoms with Gasteiger partial charge in [0, 0.05) is 28.7 Å². The highest BCUT2D eigenvalue weighted by Gasteiger charge is 2.33. The first-order valence-electron chi connectivity index (χ1n) is 11.8. The third kappa shape index (κ3) is 6.61. The summed E-state index contributed by atoms with van der Waals surface area (Å²) in [5.74, 6) is 0. The van der Waals surface area contributed by atoms with Gasteiger partial charge < -0.3 is 0 Å². The average Bonchev–Trinajstić information content (AvgIpc) is 2.86. The van der Waals surface area contributed by atoms with Crippen LogP contribution in [0.4, 0.5) is 0 Å². The highest BCUT2D eigenvalue weighted by Crippen LogP contribution is 2.44. The predicted octanol–water partition coefficient (Wildman–Crippen LogP) is 6.11. The molecule has 4 rings (SSSR count). The van der Waals surface area contributed by atoms with Crippen molar-refractivity contribution in [3.8, 4) is 0 Å². The molecular weight excluding hydrogens is 466 g/mol. The van der Waals surface area contributed by atoms with Gasteiger partial charge in [-0.2, -0.15) is 0 Å². The molecule has 0 heterocycles. The summed E-state index contributed by atoms with van der Waals surface area (Å²) in [6, 6.07) is 40.1. The Balaban J connectivity index is 1.58. The lowest BCUT2D eigenvalue weighted by Gasteiger charge is -2.28. The van der Waals surface area contributed by atoms with Gasteiger partial charge in [0.15, 0.2) is 11.0 Å². The Hall–Kier alpha value is -2.92. The van der Waals surface area contributed by atoms with Crippen molar-refractivity contribution in [2.75, 3.05) is 0 Å². The quantitative estimate of drug-likeness (QED) is 0.248. The SMILES string of the molecule is CC(C)(CC(=O)P(c1ccccc1)c1ccccc1)CC(=O)P(c1ccccc1)c1ccccc1. The maximum Gasteiger partial charge on any atom is 0.163 e. The van der Waals surface area contributed by atoms with Crippen molar-refractivity contribution in [2.24, 2.45) is 5.41 Å². The molecular formula is C31H30O2P2. The fraction of sp³-hybridized carbons (Fsp3) is 0.161. The monoisotopic (exact) mass is 496 g/mol. The Kier molecular flexibility index (Phi) is 8.40. The smallest absolute Gasteiger partial charge is 0.163 e. The van der Waals surface area contributed by atoms with E-state index >= 15 is 0 Å². The lowest BCUT2D eigenvalue weighted by molar-refractivity contribution is -0.115. The second-order valence-corrected chi connectivity index (χ2v) is 13.7. The minimum absolute atomic E-state index is 0.207. The lowest BCUT2D eigenvalue weighted by Crippen LogP contribution is -2.27. The van der Waals surface area contributed by atoms with Gasteiger partial charge in [0.1, 0.15) is 0 Å². The van der Waals surface area contributed by atoms with Crippen LogP contribution in [0.25, 0.3) is 0 Å². The summed E-state index contributed by atoms with van der Waals surface area (Å²) in [7, 11) is -2.30. The second-order valence-electron chi connectivity index (χ2n) is 9.32. The van der Waals surface area contributed by atoms with Crippen LogP contribution in [0.2, 0.25) is 0 Å². The summed E-state index contributed by atoms with van der Waals surface area (Å²) in [5.41, 5.74) is -0.0273. The largest absolute Gasteiger partial charge is 0.294 e. The van der Waals surface area contributed by atoms with Crippen molar-refractivity contribution in [3.63, 3.8) is 0 Å². The highest BCUT2D eigenvalue weighted by molar-refractivity contribution is 7.88. The van der Waals surface area contributed by atoms with Crippen LogP contribution in [0.1, 0.15) is 26.7 Å². The third-order valence-corrected chi connectivity index (χ3v) is 10.4. The van der Waals surface area contributed by atoms with Crippen LogP contribution in [-0.2, 0) is 9.59 Å². The Labute approximate surface area is 210 Å². The van der Waals surface area contributed by atoms with Gasteiger partial charge in [0.2, 0.25) is 0 Å². The van der Waals surface area contributed by atoms with E-state index in [9.17, 15) is 9.59 Å². The number of carbonyl (C=O) groups excluding carboxylic acids is 2. The molecule has 0 fully saturated rings. The van der Waals surface area contributed by atoms with Crippen molar-refractivity contribution < 1.29 is 9.59 Å². The van der Waals surface area contributed by atoms with Gasteiger partial charge >= 0.3 is 0 Å². The molecule has 0 N–H and O–H groups in total. The molecule has 0 aliphatic heterocycles. The van der Waals surface area contributed by atoms with E-state index in [4.69, 9.17) is 0 Å².